The average Bonchev–Trinajstić information content (AvgIpc) is 2.27. The van der Waals surface area contributed by atoms with Crippen molar-refractivity contribution in [3.8, 4) is 11.8 Å². The Morgan fingerprint density at radius 1 is 1.27 bits per heavy atom. The first-order valence-electron chi connectivity index (χ1n) is 4.73. The third-order valence-electron chi connectivity index (χ3n) is 1.99. The Morgan fingerprint density at radius 3 is 2.40 bits per heavy atom. The van der Waals surface area contributed by atoms with E-state index < -0.39 is 5.41 Å². The molecule has 15 heavy (non-hydrogen) atoms. The van der Waals surface area contributed by atoms with Crippen molar-refractivity contribution in [3.63, 3.8) is 0 Å². The van der Waals surface area contributed by atoms with E-state index in [1.165, 1.54) is 7.11 Å². The van der Waals surface area contributed by atoms with Crippen LogP contribution >= 0.6 is 0 Å². The molecular weight excluding hydrogens is 188 g/mol. The fourth-order valence-electron chi connectivity index (χ4n) is 1.06. The lowest BCUT2D eigenvalue weighted by Crippen LogP contribution is -2.23. The van der Waals surface area contributed by atoms with Crippen molar-refractivity contribution >= 4 is 5.97 Å². The molecule has 78 valence electrons. The summed E-state index contributed by atoms with van der Waals surface area (Å²) >= 11 is 0. The van der Waals surface area contributed by atoms with Crippen molar-refractivity contribution in [2.75, 3.05) is 7.11 Å². The molecule has 0 amide bonds. The molecule has 0 aliphatic rings. The summed E-state index contributed by atoms with van der Waals surface area (Å²) in [6.45, 7) is 3.49. The normalized spacial score (nSPS) is 10.1. The largest absolute Gasteiger partial charge is 0.468 e. The molecule has 0 radical (unpaired) electrons. The van der Waals surface area contributed by atoms with Crippen LogP contribution in [0.25, 0.3) is 0 Å². The van der Waals surface area contributed by atoms with Crippen LogP contribution in [0.3, 0.4) is 0 Å². The van der Waals surface area contributed by atoms with Gasteiger partial charge in [0, 0.05) is 5.56 Å². The monoisotopic (exact) mass is 202 g/mol. The third-order valence-corrected chi connectivity index (χ3v) is 1.99. The van der Waals surface area contributed by atoms with Gasteiger partial charge in [-0.1, -0.05) is 30.0 Å². The summed E-state index contributed by atoms with van der Waals surface area (Å²) in [7, 11) is 1.37. The molecule has 1 aromatic carbocycles. The zero-order valence-electron chi connectivity index (χ0n) is 9.20. The van der Waals surface area contributed by atoms with Crippen LogP contribution < -0.4 is 0 Å². The summed E-state index contributed by atoms with van der Waals surface area (Å²) in [5.74, 6) is 5.54. The average molecular weight is 202 g/mol. The molecule has 1 aromatic rings. The van der Waals surface area contributed by atoms with Gasteiger partial charge in [-0.2, -0.15) is 0 Å². The molecule has 0 spiro atoms. The molecule has 2 nitrogen and oxygen atoms in total. The summed E-state index contributed by atoms with van der Waals surface area (Å²) in [6.07, 6.45) is 0. The second-order valence-electron chi connectivity index (χ2n) is 3.73. The van der Waals surface area contributed by atoms with Gasteiger partial charge in [0.05, 0.1) is 7.11 Å². The van der Waals surface area contributed by atoms with Crippen molar-refractivity contribution < 1.29 is 9.53 Å². The van der Waals surface area contributed by atoms with Crippen molar-refractivity contribution in [3.05, 3.63) is 35.9 Å². The first-order valence-corrected chi connectivity index (χ1v) is 4.73. The van der Waals surface area contributed by atoms with E-state index in [0.717, 1.165) is 5.56 Å². The zero-order chi connectivity index (χ0) is 11.3. The van der Waals surface area contributed by atoms with Crippen LogP contribution in [0, 0.1) is 17.3 Å². The van der Waals surface area contributed by atoms with Crippen LogP contribution in [-0.4, -0.2) is 13.1 Å². The Bertz CT molecular complexity index is 394. The van der Waals surface area contributed by atoms with Gasteiger partial charge in [-0.15, -0.1) is 0 Å². The number of hydrogen-bond acceptors (Lipinski definition) is 2. The minimum Gasteiger partial charge on any atom is -0.468 e. The topological polar surface area (TPSA) is 26.3 Å². The van der Waals surface area contributed by atoms with Crippen LogP contribution in [0.15, 0.2) is 30.3 Å². The fraction of sp³-hybridized carbons (Fsp3) is 0.308. The van der Waals surface area contributed by atoms with Gasteiger partial charge in [-0.05, 0) is 26.0 Å². The first kappa shape index (κ1) is 11.3. The van der Waals surface area contributed by atoms with Gasteiger partial charge in [0.15, 0.2) is 0 Å². The molecule has 0 bridgehead atoms. The summed E-state index contributed by atoms with van der Waals surface area (Å²) in [4.78, 5) is 11.3. The molecule has 0 heterocycles. The highest BCUT2D eigenvalue weighted by Crippen LogP contribution is 2.15. The maximum Gasteiger partial charge on any atom is 0.323 e. The number of ether oxygens (including phenoxy) is 1. The lowest BCUT2D eigenvalue weighted by molar-refractivity contribution is -0.147. The molecule has 0 aromatic heterocycles. The van der Waals surface area contributed by atoms with E-state index in [-0.39, 0.29) is 5.97 Å². The maximum atomic E-state index is 11.3. The third kappa shape index (κ3) is 3.14. The molecule has 0 N–H and O–H groups in total. The number of methoxy groups -OCH3 is 1. The molecule has 0 unspecified atom stereocenters. The van der Waals surface area contributed by atoms with E-state index in [1.807, 2.05) is 30.3 Å². The van der Waals surface area contributed by atoms with E-state index in [9.17, 15) is 4.79 Å². The zero-order valence-corrected chi connectivity index (χ0v) is 9.20. The molecule has 0 fully saturated rings. The van der Waals surface area contributed by atoms with Crippen molar-refractivity contribution in [1.82, 2.24) is 0 Å². The van der Waals surface area contributed by atoms with Crippen molar-refractivity contribution in [2.24, 2.45) is 5.41 Å². The first-order chi connectivity index (χ1) is 7.06. The van der Waals surface area contributed by atoms with E-state index in [4.69, 9.17) is 0 Å². The lowest BCUT2D eigenvalue weighted by atomic mass is 9.94. The van der Waals surface area contributed by atoms with Crippen LogP contribution in [0.4, 0.5) is 0 Å². The Labute approximate surface area is 90.3 Å². The van der Waals surface area contributed by atoms with Gasteiger partial charge < -0.3 is 4.74 Å². The predicted octanol–water partition coefficient (Wildman–Crippen LogP) is 2.24. The highest BCUT2D eigenvalue weighted by Gasteiger charge is 2.25. The SMILES string of the molecule is COC(=O)C(C)(C)C#Cc1ccccc1. The minimum absolute atomic E-state index is 0.314. The highest BCUT2D eigenvalue weighted by molar-refractivity contribution is 5.79. The van der Waals surface area contributed by atoms with E-state index in [0.29, 0.717) is 0 Å². The predicted molar refractivity (Wildman–Crippen MR) is 59.1 cm³/mol. The van der Waals surface area contributed by atoms with Crippen LogP contribution in [-0.2, 0) is 9.53 Å². The van der Waals surface area contributed by atoms with Gasteiger partial charge in [0.2, 0.25) is 0 Å². The summed E-state index contributed by atoms with van der Waals surface area (Å²) in [6, 6.07) is 9.56. The molecular formula is C13H14O2. The van der Waals surface area contributed by atoms with Crippen LogP contribution in [0.1, 0.15) is 19.4 Å². The molecule has 0 saturated heterocycles. The number of rotatable bonds is 1. The van der Waals surface area contributed by atoms with Gasteiger partial charge in [0.1, 0.15) is 5.41 Å². The van der Waals surface area contributed by atoms with Gasteiger partial charge in [0.25, 0.3) is 0 Å². The van der Waals surface area contributed by atoms with E-state index in [1.54, 1.807) is 13.8 Å². The molecule has 1 rings (SSSR count). The second kappa shape index (κ2) is 4.65. The Hall–Kier alpha value is -1.75. The van der Waals surface area contributed by atoms with Crippen LogP contribution in [0.5, 0.6) is 0 Å². The Kier molecular flexibility index (Phi) is 3.51. The highest BCUT2D eigenvalue weighted by atomic mass is 16.5. The number of benzene rings is 1. The maximum absolute atomic E-state index is 11.3. The smallest absolute Gasteiger partial charge is 0.323 e. The Morgan fingerprint density at radius 2 is 1.87 bits per heavy atom. The molecule has 0 aliphatic carbocycles. The molecule has 0 saturated carbocycles. The van der Waals surface area contributed by atoms with Gasteiger partial charge in [-0.3, -0.25) is 4.79 Å². The molecule has 0 aliphatic heterocycles. The second-order valence-corrected chi connectivity index (χ2v) is 3.73. The molecule has 0 atom stereocenters. The lowest BCUT2D eigenvalue weighted by Gasteiger charge is -2.13. The summed E-state index contributed by atoms with van der Waals surface area (Å²) in [5.41, 5.74) is 0.138. The van der Waals surface area contributed by atoms with Gasteiger partial charge >= 0.3 is 5.97 Å². The standard InChI is InChI=1S/C13H14O2/c1-13(2,12(14)15-3)10-9-11-7-5-4-6-8-11/h4-8H,1-3H3. The van der Waals surface area contributed by atoms with Crippen molar-refractivity contribution in [2.45, 2.75) is 13.8 Å². The fourth-order valence-corrected chi connectivity index (χ4v) is 1.06. The van der Waals surface area contributed by atoms with Gasteiger partial charge in [-0.25, -0.2) is 0 Å². The summed E-state index contributed by atoms with van der Waals surface area (Å²) in [5, 5.41) is 0. The number of hydrogen-bond donors (Lipinski definition) is 0. The number of carbonyl (C=O) groups is 1. The molecule has 2 heteroatoms. The van der Waals surface area contributed by atoms with Crippen molar-refractivity contribution in [1.29, 1.82) is 0 Å². The summed E-state index contributed by atoms with van der Waals surface area (Å²) < 4.78 is 4.66. The van der Waals surface area contributed by atoms with Crippen LogP contribution in [0.2, 0.25) is 0 Å². The number of esters is 1. The Balaban J connectivity index is 2.86. The number of carbonyl (C=O) groups excluding carboxylic acids is 1. The quantitative estimate of drug-likeness (QED) is 0.515. The van der Waals surface area contributed by atoms with E-state index in [2.05, 4.69) is 16.6 Å². The minimum atomic E-state index is -0.759. The van der Waals surface area contributed by atoms with E-state index >= 15 is 0 Å².